The van der Waals surface area contributed by atoms with E-state index in [0.29, 0.717) is 18.7 Å². The minimum Gasteiger partial charge on any atom is -0.313 e. The van der Waals surface area contributed by atoms with Crippen LogP contribution in [0.25, 0.3) is 0 Å². The lowest BCUT2D eigenvalue weighted by atomic mass is 10.2. The van der Waals surface area contributed by atoms with E-state index in [-0.39, 0.29) is 6.54 Å². The van der Waals surface area contributed by atoms with Gasteiger partial charge < -0.3 is 5.32 Å². The van der Waals surface area contributed by atoms with Gasteiger partial charge in [-0.05, 0) is 31.1 Å². The van der Waals surface area contributed by atoms with Gasteiger partial charge in [-0.25, -0.2) is 0 Å². The molecule has 1 aromatic heterocycles. The molecule has 0 saturated carbocycles. The van der Waals surface area contributed by atoms with Gasteiger partial charge in [0.25, 0.3) is 0 Å². The van der Waals surface area contributed by atoms with Gasteiger partial charge in [0.1, 0.15) is 0 Å². The number of nitrogens with one attached hydrogen (secondary N) is 1. The summed E-state index contributed by atoms with van der Waals surface area (Å²) in [6.07, 6.45) is -1.76. The number of rotatable bonds is 8. The van der Waals surface area contributed by atoms with Crippen molar-refractivity contribution in [2.45, 2.75) is 39.5 Å². The fourth-order valence-electron chi connectivity index (χ4n) is 1.94. The zero-order valence-electron chi connectivity index (χ0n) is 12.0. The number of nitrogens with zero attached hydrogens (tertiary/aromatic N) is 2. The lowest BCUT2D eigenvalue weighted by molar-refractivity contribution is -0.147. The van der Waals surface area contributed by atoms with Gasteiger partial charge in [0.15, 0.2) is 0 Å². The first kappa shape index (κ1) is 16.9. The molecule has 0 amide bonds. The lowest BCUT2D eigenvalue weighted by Crippen LogP contribution is -2.34. The van der Waals surface area contributed by atoms with Gasteiger partial charge in [0, 0.05) is 19.3 Å². The van der Waals surface area contributed by atoms with E-state index in [1.807, 2.05) is 19.9 Å². The van der Waals surface area contributed by atoms with Crippen LogP contribution in [0.15, 0.2) is 18.3 Å². The molecule has 1 N–H and O–H groups in total. The molecule has 1 aromatic rings. The van der Waals surface area contributed by atoms with E-state index >= 15 is 0 Å². The van der Waals surface area contributed by atoms with Crippen LogP contribution in [-0.4, -0.2) is 35.7 Å². The van der Waals surface area contributed by atoms with E-state index < -0.39 is 12.7 Å². The zero-order valence-corrected chi connectivity index (χ0v) is 12.0. The molecule has 1 rings (SSSR count). The van der Waals surface area contributed by atoms with E-state index in [4.69, 9.17) is 0 Å². The molecule has 0 aromatic carbocycles. The highest BCUT2D eigenvalue weighted by molar-refractivity contribution is 5.14. The third-order valence-electron chi connectivity index (χ3n) is 2.79. The minimum absolute atomic E-state index is 0.231. The Kier molecular flexibility index (Phi) is 6.95. The first-order valence-corrected chi connectivity index (χ1v) is 6.88. The SMILES string of the molecule is CCCN(Cc1ccc(CNCC)cn1)CC(F)(F)F. The molecule has 0 aliphatic rings. The summed E-state index contributed by atoms with van der Waals surface area (Å²) in [7, 11) is 0. The number of hydrogen-bond acceptors (Lipinski definition) is 3. The summed E-state index contributed by atoms with van der Waals surface area (Å²) in [5.41, 5.74) is 1.71. The average molecular weight is 289 g/mol. The van der Waals surface area contributed by atoms with Crippen LogP contribution in [0.1, 0.15) is 31.5 Å². The number of aromatic nitrogens is 1. The van der Waals surface area contributed by atoms with Crippen molar-refractivity contribution in [2.24, 2.45) is 0 Å². The molecule has 0 saturated heterocycles. The molecule has 6 heteroatoms. The van der Waals surface area contributed by atoms with Crippen molar-refractivity contribution >= 4 is 0 Å². The van der Waals surface area contributed by atoms with Crippen molar-refractivity contribution in [3.63, 3.8) is 0 Å². The van der Waals surface area contributed by atoms with Crippen molar-refractivity contribution in [3.8, 4) is 0 Å². The van der Waals surface area contributed by atoms with Crippen molar-refractivity contribution in [1.29, 1.82) is 0 Å². The van der Waals surface area contributed by atoms with Crippen LogP contribution in [0.3, 0.4) is 0 Å². The molecule has 20 heavy (non-hydrogen) atoms. The second kappa shape index (κ2) is 8.21. The van der Waals surface area contributed by atoms with Crippen LogP contribution in [0.2, 0.25) is 0 Å². The van der Waals surface area contributed by atoms with Gasteiger partial charge >= 0.3 is 6.18 Å². The summed E-state index contributed by atoms with van der Waals surface area (Å²) in [5.74, 6) is 0. The predicted octanol–water partition coefficient (Wildman–Crippen LogP) is 2.97. The molecule has 0 bridgehead atoms. The fourth-order valence-corrected chi connectivity index (χ4v) is 1.94. The Morgan fingerprint density at radius 3 is 2.50 bits per heavy atom. The minimum atomic E-state index is -4.17. The third kappa shape index (κ3) is 6.86. The van der Waals surface area contributed by atoms with Crippen molar-refractivity contribution in [3.05, 3.63) is 29.6 Å². The van der Waals surface area contributed by atoms with E-state index in [1.165, 1.54) is 4.90 Å². The molecule has 0 aliphatic carbocycles. The van der Waals surface area contributed by atoms with E-state index in [2.05, 4.69) is 10.3 Å². The highest BCUT2D eigenvalue weighted by Crippen LogP contribution is 2.18. The molecular formula is C14H22F3N3. The van der Waals surface area contributed by atoms with Gasteiger partial charge in [-0.2, -0.15) is 13.2 Å². The maximum absolute atomic E-state index is 12.5. The summed E-state index contributed by atoms with van der Waals surface area (Å²) < 4.78 is 37.4. The van der Waals surface area contributed by atoms with Gasteiger partial charge in [-0.3, -0.25) is 9.88 Å². The number of pyridine rings is 1. The Bertz CT molecular complexity index is 376. The zero-order chi connectivity index (χ0) is 15.0. The average Bonchev–Trinajstić information content (AvgIpc) is 2.36. The van der Waals surface area contributed by atoms with Crippen LogP contribution in [0.5, 0.6) is 0 Å². The summed E-state index contributed by atoms with van der Waals surface area (Å²) >= 11 is 0. The maximum Gasteiger partial charge on any atom is 0.401 e. The van der Waals surface area contributed by atoms with Crippen LogP contribution in [0, 0.1) is 0 Å². The van der Waals surface area contributed by atoms with Gasteiger partial charge in [-0.1, -0.05) is 19.9 Å². The molecule has 0 aliphatic heterocycles. The molecule has 0 fully saturated rings. The second-order valence-corrected chi connectivity index (χ2v) is 4.76. The Morgan fingerprint density at radius 2 is 2.00 bits per heavy atom. The molecule has 1 heterocycles. The van der Waals surface area contributed by atoms with E-state index in [1.54, 1.807) is 12.3 Å². The predicted molar refractivity (Wildman–Crippen MR) is 73.2 cm³/mol. The molecule has 3 nitrogen and oxygen atoms in total. The second-order valence-electron chi connectivity index (χ2n) is 4.76. The lowest BCUT2D eigenvalue weighted by Gasteiger charge is -2.22. The van der Waals surface area contributed by atoms with Crippen molar-refractivity contribution in [1.82, 2.24) is 15.2 Å². The van der Waals surface area contributed by atoms with Crippen LogP contribution in [-0.2, 0) is 13.1 Å². The summed E-state index contributed by atoms with van der Waals surface area (Å²) in [6.45, 7) is 5.25. The Hall–Kier alpha value is -1.14. The Labute approximate surface area is 118 Å². The molecule has 0 unspecified atom stereocenters. The number of alkyl halides is 3. The maximum atomic E-state index is 12.5. The molecule has 0 spiro atoms. The molecule has 0 atom stereocenters. The van der Waals surface area contributed by atoms with Gasteiger partial charge in [0.05, 0.1) is 12.2 Å². The first-order valence-electron chi connectivity index (χ1n) is 6.88. The molecule has 0 radical (unpaired) electrons. The van der Waals surface area contributed by atoms with E-state index in [0.717, 1.165) is 18.7 Å². The topological polar surface area (TPSA) is 28.2 Å². The van der Waals surface area contributed by atoms with Crippen LogP contribution in [0.4, 0.5) is 13.2 Å². The van der Waals surface area contributed by atoms with E-state index in [9.17, 15) is 13.2 Å². The smallest absolute Gasteiger partial charge is 0.313 e. The monoisotopic (exact) mass is 289 g/mol. The van der Waals surface area contributed by atoms with Crippen molar-refractivity contribution < 1.29 is 13.2 Å². The summed E-state index contributed by atoms with van der Waals surface area (Å²) in [6, 6.07) is 3.70. The fraction of sp³-hybridized carbons (Fsp3) is 0.643. The standard InChI is InChI=1S/C14H22F3N3/c1-3-7-20(11-14(15,16)17)10-13-6-5-12(9-19-13)8-18-4-2/h5-6,9,18H,3-4,7-8,10-11H2,1-2H3. The van der Waals surface area contributed by atoms with Gasteiger partial charge in [0.2, 0.25) is 0 Å². The van der Waals surface area contributed by atoms with Crippen molar-refractivity contribution in [2.75, 3.05) is 19.6 Å². The van der Waals surface area contributed by atoms with Gasteiger partial charge in [-0.15, -0.1) is 0 Å². The summed E-state index contributed by atoms with van der Waals surface area (Å²) in [4.78, 5) is 5.62. The molecular weight excluding hydrogens is 267 g/mol. The Balaban J connectivity index is 2.59. The highest BCUT2D eigenvalue weighted by Gasteiger charge is 2.30. The van der Waals surface area contributed by atoms with Crippen LogP contribution < -0.4 is 5.32 Å². The van der Waals surface area contributed by atoms with Crippen LogP contribution >= 0.6 is 0 Å². The Morgan fingerprint density at radius 1 is 1.25 bits per heavy atom. The normalized spacial score (nSPS) is 12.1. The quantitative estimate of drug-likeness (QED) is 0.797. The number of halogens is 3. The first-order chi connectivity index (χ1) is 9.44. The highest BCUT2D eigenvalue weighted by atomic mass is 19.4. The number of hydrogen-bond donors (Lipinski definition) is 1. The molecule has 114 valence electrons. The third-order valence-corrected chi connectivity index (χ3v) is 2.79. The largest absolute Gasteiger partial charge is 0.401 e. The summed E-state index contributed by atoms with van der Waals surface area (Å²) in [5, 5.41) is 3.18.